The molecule has 188 valence electrons. The Kier molecular flexibility index (Phi) is 8.20. The molecule has 33 heavy (non-hydrogen) atoms. The van der Waals surface area contributed by atoms with Crippen LogP contribution in [0.1, 0.15) is 75.2 Å². The van der Waals surface area contributed by atoms with E-state index in [1.165, 1.54) is 0 Å². The van der Waals surface area contributed by atoms with Crippen LogP contribution in [0.2, 0.25) is 0 Å². The molecule has 9 heteroatoms. The third-order valence-corrected chi connectivity index (χ3v) is 5.51. The largest absolute Gasteiger partial charge is 0.455 e. The molecule has 0 aliphatic carbocycles. The van der Waals surface area contributed by atoms with Crippen molar-refractivity contribution < 1.29 is 38.1 Å². The smallest absolute Gasteiger partial charge is 0.419 e. The number of esters is 2. The van der Waals surface area contributed by atoms with E-state index in [4.69, 9.17) is 18.9 Å². The van der Waals surface area contributed by atoms with Crippen LogP contribution in [-0.4, -0.2) is 60.0 Å². The molecule has 2 saturated heterocycles. The first-order valence-corrected chi connectivity index (χ1v) is 11.6. The van der Waals surface area contributed by atoms with Crippen LogP contribution in [0, 0.1) is 22.7 Å². The summed E-state index contributed by atoms with van der Waals surface area (Å²) >= 11 is 0. The molecule has 0 aromatic heterocycles. The molecule has 0 radical (unpaired) electrons. The molecule has 9 nitrogen and oxygen atoms in total. The molecule has 2 fully saturated rings. The summed E-state index contributed by atoms with van der Waals surface area (Å²) in [5, 5.41) is 0. The van der Waals surface area contributed by atoms with Crippen molar-refractivity contribution in [3.05, 3.63) is 0 Å². The average Bonchev–Trinajstić information content (AvgIpc) is 2.97. The number of nitrogens with zero attached hydrogens (tertiary/aromatic N) is 1. The van der Waals surface area contributed by atoms with E-state index >= 15 is 0 Å². The number of hydrogen-bond donors (Lipinski definition) is 0. The van der Waals surface area contributed by atoms with Crippen LogP contribution in [0.4, 0.5) is 4.79 Å². The highest BCUT2D eigenvalue weighted by molar-refractivity contribution is 5.94. The first kappa shape index (κ1) is 27.1. The van der Waals surface area contributed by atoms with Crippen LogP contribution < -0.4 is 0 Å². The molecule has 0 saturated carbocycles. The maximum Gasteiger partial charge on any atom is 0.419 e. The monoisotopic (exact) mass is 469 g/mol. The van der Waals surface area contributed by atoms with Crippen LogP contribution in [0.25, 0.3) is 0 Å². The highest BCUT2D eigenvalue weighted by Gasteiger charge is 2.58. The maximum atomic E-state index is 13.1. The Hall–Kier alpha value is -2.16. The first-order chi connectivity index (χ1) is 15.0. The average molecular weight is 470 g/mol. The Morgan fingerprint density at radius 2 is 1.55 bits per heavy atom. The van der Waals surface area contributed by atoms with Crippen molar-refractivity contribution >= 4 is 23.9 Å². The van der Waals surface area contributed by atoms with Crippen LogP contribution in [-0.2, 0) is 33.3 Å². The topological polar surface area (TPSA) is 108 Å². The fourth-order valence-electron chi connectivity index (χ4n) is 3.82. The first-order valence-electron chi connectivity index (χ1n) is 11.6. The molecular weight excluding hydrogens is 430 g/mol. The summed E-state index contributed by atoms with van der Waals surface area (Å²) in [6, 6.07) is -1.05. The minimum atomic E-state index is -1.11. The Balaban J connectivity index is 2.35. The van der Waals surface area contributed by atoms with E-state index in [0.717, 1.165) is 11.3 Å². The highest BCUT2D eigenvalue weighted by Crippen LogP contribution is 2.35. The quantitative estimate of drug-likeness (QED) is 0.428. The molecule has 5 atom stereocenters. The summed E-state index contributed by atoms with van der Waals surface area (Å²) in [7, 11) is 0. The molecule has 0 N–H and O–H groups in total. The van der Waals surface area contributed by atoms with Crippen molar-refractivity contribution in [1.82, 2.24) is 4.90 Å². The Morgan fingerprint density at radius 1 is 1.00 bits per heavy atom. The number of rotatable bonds is 6. The normalized spacial score (nSPS) is 26.5. The van der Waals surface area contributed by atoms with Gasteiger partial charge in [-0.15, -0.1) is 0 Å². The zero-order valence-electron chi connectivity index (χ0n) is 21.3. The zero-order chi connectivity index (χ0) is 25.3. The van der Waals surface area contributed by atoms with Gasteiger partial charge in [-0.1, -0.05) is 20.8 Å². The third kappa shape index (κ3) is 6.68. The highest BCUT2D eigenvalue weighted by atomic mass is 16.7. The molecule has 0 aromatic rings. The predicted molar refractivity (Wildman–Crippen MR) is 119 cm³/mol. The van der Waals surface area contributed by atoms with Crippen LogP contribution >= 0.6 is 0 Å². The number of amides is 2. The number of carbonyl (C=O) groups is 4. The fourth-order valence-corrected chi connectivity index (χ4v) is 3.82. The van der Waals surface area contributed by atoms with Gasteiger partial charge in [0, 0.05) is 6.42 Å². The lowest BCUT2D eigenvalue weighted by Gasteiger charge is -2.40. The van der Waals surface area contributed by atoms with E-state index in [-0.39, 0.29) is 18.9 Å². The van der Waals surface area contributed by atoms with Gasteiger partial charge >= 0.3 is 18.0 Å². The van der Waals surface area contributed by atoms with Gasteiger partial charge < -0.3 is 18.9 Å². The van der Waals surface area contributed by atoms with E-state index in [9.17, 15) is 19.2 Å². The number of imide groups is 1. The van der Waals surface area contributed by atoms with Crippen molar-refractivity contribution in [2.24, 2.45) is 22.7 Å². The van der Waals surface area contributed by atoms with Gasteiger partial charge in [-0.3, -0.25) is 14.4 Å². The number of ether oxygens (including phenoxy) is 4. The minimum Gasteiger partial charge on any atom is -0.455 e. The molecule has 2 aliphatic rings. The SMILES string of the molecule is CC(C)CC(C)CC(=O)N1C(=O)O[C@@H]2OC[C@@H](OC(=O)C(C)(C)C)[C@@H](OC(=O)C(C)(C)C)[C@@H]21. The lowest BCUT2D eigenvalue weighted by atomic mass is 9.93. The van der Waals surface area contributed by atoms with E-state index in [1.807, 2.05) is 6.92 Å². The van der Waals surface area contributed by atoms with Gasteiger partial charge in [0.1, 0.15) is 6.04 Å². The summed E-state index contributed by atoms with van der Waals surface area (Å²) in [6.45, 7) is 16.1. The lowest BCUT2D eigenvalue weighted by Crippen LogP contribution is -2.61. The van der Waals surface area contributed by atoms with Crippen LogP contribution in [0.5, 0.6) is 0 Å². The summed E-state index contributed by atoms with van der Waals surface area (Å²) in [5.74, 6) is -1.07. The maximum absolute atomic E-state index is 13.1. The van der Waals surface area contributed by atoms with Crippen molar-refractivity contribution in [2.45, 2.75) is 99.7 Å². The summed E-state index contributed by atoms with van der Waals surface area (Å²) in [6.07, 6.45) is -3.13. The second-order valence-electron chi connectivity index (χ2n) is 11.6. The molecule has 2 heterocycles. The summed E-state index contributed by atoms with van der Waals surface area (Å²) in [4.78, 5) is 52.1. The van der Waals surface area contributed by atoms with Gasteiger partial charge in [-0.25, -0.2) is 9.69 Å². The number of carbonyl (C=O) groups excluding carboxylic acids is 4. The minimum absolute atomic E-state index is 0.0407. The molecule has 2 amide bonds. The van der Waals surface area contributed by atoms with Gasteiger partial charge in [-0.2, -0.15) is 0 Å². The Morgan fingerprint density at radius 3 is 2.06 bits per heavy atom. The van der Waals surface area contributed by atoms with Gasteiger partial charge in [0.05, 0.1) is 17.4 Å². The third-order valence-electron chi connectivity index (χ3n) is 5.51. The van der Waals surface area contributed by atoms with Gasteiger partial charge in [0.25, 0.3) is 0 Å². The second kappa shape index (κ2) is 9.99. The molecular formula is C24H39NO8. The second-order valence-corrected chi connectivity index (χ2v) is 11.6. The number of fused-ring (bicyclic) bond motifs is 1. The standard InChI is InChI=1S/C24H39NO8/c1-13(2)10-14(3)11-16(26)25-17-18(32-21(28)24(7,8)9)15(31-20(27)23(4,5)6)12-30-19(17)33-22(25)29/h13-15,17-19H,10-12H2,1-9H3/t14?,15-,17+,18-,19+/m1/s1. The number of hydrogen-bond acceptors (Lipinski definition) is 8. The summed E-state index contributed by atoms with van der Waals surface area (Å²) < 4.78 is 22.3. The zero-order valence-corrected chi connectivity index (χ0v) is 21.3. The fraction of sp³-hybridized carbons (Fsp3) is 0.833. The summed E-state index contributed by atoms with van der Waals surface area (Å²) in [5.41, 5.74) is -1.66. The molecule has 0 spiro atoms. The van der Waals surface area contributed by atoms with E-state index in [0.29, 0.717) is 5.92 Å². The van der Waals surface area contributed by atoms with Crippen LogP contribution in [0.3, 0.4) is 0 Å². The van der Waals surface area contributed by atoms with Crippen molar-refractivity contribution in [2.75, 3.05) is 6.61 Å². The van der Waals surface area contributed by atoms with Gasteiger partial charge in [0.2, 0.25) is 12.2 Å². The van der Waals surface area contributed by atoms with Crippen LogP contribution in [0.15, 0.2) is 0 Å². The molecule has 2 aliphatic heterocycles. The van der Waals surface area contributed by atoms with E-state index < -0.39 is 59.3 Å². The van der Waals surface area contributed by atoms with Gasteiger partial charge in [-0.05, 0) is 59.8 Å². The van der Waals surface area contributed by atoms with Crippen molar-refractivity contribution in [3.8, 4) is 0 Å². The van der Waals surface area contributed by atoms with Crippen molar-refractivity contribution in [1.29, 1.82) is 0 Å². The van der Waals surface area contributed by atoms with Crippen molar-refractivity contribution in [3.63, 3.8) is 0 Å². The van der Waals surface area contributed by atoms with E-state index in [2.05, 4.69) is 13.8 Å². The Bertz CT molecular complexity index is 763. The lowest BCUT2D eigenvalue weighted by molar-refractivity contribution is -0.227. The molecule has 1 unspecified atom stereocenters. The predicted octanol–water partition coefficient (Wildman–Crippen LogP) is 3.68. The molecule has 2 rings (SSSR count). The molecule has 0 aromatic carbocycles. The van der Waals surface area contributed by atoms with E-state index in [1.54, 1.807) is 41.5 Å². The van der Waals surface area contributed by atoms with Gasteiger partial charge in [0.15, 0.2) is 12.2 Å². The molecule has 0 bridgehead atoms. The Labute approximate surface area is 196 Å².